The van der Waals surface area contributed by atoms with E-state index in [-0.39, 0.29) is 5.91 Å². The lowest BCUT2D eigenvalue weighted by Gasteiger charge is -2.00. The van der Waals surface area contributed by atoms with Crippen molar-refractivity contribution in [2.45, 2.75) is 12.8 Å². The summed E-state index contributed by atoms with van der Waals surface area (Å²) in [4.78, 5) is 10.7. The molecule has 0 saturated carbocycles. The van der Waals surface area contributed by atoms with Gasteiger partial charge in [-0.3, -0.25) is 4.79 Å². The van der Waals surface area contributed by atoms with Crippen LogP contribution in [-0.2, 0) is 4.79 Å². The summed E-state index contributed by atoms with van der Waals surface area (Å²) < 4.78 is 0. The van der Waals surface area contributed by atoms with Gasteiger partial charge in [-0.15, -0.1) is 6.58 Å². The van der Waals surface area contributed by atoms with Gasteiger partial charge < -0.3 is 10.6 Å². The molecule has 0 aromatic rings. The van der Waals surface area contributed by atoms with Crippen molar-refractivity contribution in [3.63, 3.8) is 0 Å². The van der Waals surface area contributed by atoms with Gasteiger partial charge >= 0.3 is 0 Å². The van der Waals surface area contributed by atoms with Crippen LogP contribution < -0.4 is 10.6 Å². The van der Waals surface area contributed by atoms with E-state index >= 15 is 0 Å². The van der Waals surface area contributed by atoms with Gasteiger partial charge in [-0.1, -0.05) is 6.08 Å². The Kier molecular flexibility index (Phi) is 6.73. The monoisotopic (exact) mass is 156 g/mol. The smallest absolute Gasteiger partial charge is 0.219 e. The third kappa shape index (κ3) is 7.06. The van der Waals surface area contributed by atoms with Crippen LogP contribution in [0.5, 0.6) is 0 Å². The lowest BCUT2D eigenvalue weighted by Crippen LogP contribution is -2.21. The molecule has 0 atom stereocenters. The van der Waals surface area contributed by atoms with Crippen LogP contribution in [0.15, 0.2) is 12.7 Å². The van der Waals surface area contributed by atoms with E-state index in [1.807, 2.05) is 0 Å². The van der Waals surface area contributed by atoms with Crippen LogP contribution in [0.1, 0.15) is 12.8 Å². The van der Waals surface area contributed by atoms with Crippen LogP contribution in [0.3, 0.4) is 0 Å². The van der Waals surface area contributed by atoms with E-state index in [9.17, 15) is 4.79 Å². The van der Waals surface area contributed by atoms with Crippen LogP contribution in [0.25, 0.3) is 0 Å². The van der Waals surface area contributed by atoms with Crippen molar-refractivity contribution in [2.75, 3.05) is 20.1 Å². The molecule has 0 bridgehead atoms. The van der Waals surface area contributed by atoms with Gasteiger partial charge in [0.1, 0.15) is 0 Å². The Balaban J connectivity index is 3.01. The molecule has 0 fully saturated rings. The minimum absolute atomic E-state index is 0.102. The zero-order valence-corrected chi connectivity index (χ0v) is 7.02. The summed E-state index contributed by atoms with van der Waals surface area (Å²) in [6, 6.07) is 0. The van der Waals surface area contributed by atoms with E-state index in [2.05, 4.69) is 17.2 Å². The maximum atomic E-state index is 10.7. The summed E-state index contributed by atoms with van der Waals surface area (Å²) in [7, 11) is 1.65. The second kappa shape index (κ2) is 7.28. The molecule has 0 aromatic carbocycles. The van der Waals surface area contributed by atoms with Crippen molar-refractivity contribution in [2.24, 2.45) is 0 Å². The van der Waals surface area contributed by atoms with Crippen molar-refractivity contribution in [3.05, 3.63) is 12.7 Å². The van der Waals surface area contributed by atoms with Gasteiger partial charge in [0, 0.05) is 20.0 Å². The standard InChI is InChI=1S/C8H16N2O/c1-3-6-10-7-4-5-8(11)9-2/h3,10H,1,4-7H2,2H3,(H,9,11). The van der Waals surface area contributed by atoms with Crippen molar-refractivity contribution in [1.29, 1.82) is 0 Å². The van der Waals surface area contributed by atoms with Gasteiger partial charge in [-0.25, -0.2) is 0 Å². The van der Waals surface area contributed by atoms with E-state index in [1.165, 1.54) is 0 Å². The van der Waals surface area contributed by atoms with Crippen LogP contribution in [0, 0.1) is 0 Å². The Hall–Kier alpha value is -0.830. The summed E-state index contributed by atoms with van der Waals surface area (Å²) in [5.41, 5.74) is 0. The van der Waals surface area contributed by atoms with E-state index in [1.54, 1.807) is 13.1 Å². The zero-order valence-electron chi connectivity index (χ0n) is 7.02. The van der Waals surface area contributed by atoms with Crippen LogP contribution in [0.2, 0.25) is 0 Å². The highest BCUT2D eigenvalue weighted by Gasteiger charge is 1.94. The molecule has 0 aliphatic carbocycles. The Morgan fingerprint density at radius 2 is 2.36 bits per heavy atom. The van der Waals surface area contributed by atoms with Crippen molar-refractivity contribution in [1.82, 2.24) is 10.6 Å². The average Bonchev–Trinajstić information content (AvgIpc) is 2.04. The fourth-order valence-corrected chi connectivity index (χ4v) is 0.703. The average molecular weight is 156 g/mol. The first-order valence-corrected chi connectivity index (χ1v) is 3.83. The van der Waals surface area contributed by atoms with Gasteiger partial charge in [0.25, 0.3) is 0 Å². The Morgan fingerprint density at radius 1 is 1.64 bits per heavy atom. The second-order valence-electron chi connectivity index (χ2n) is 2.27. The Bertz CT molecular complexity index is 123. The molecule has 3 heteroatoms. The zero-order chi connectivity index (χ0) is 8.53. The molecule has 0 aromatic heterocycles. The molecule has 64 valence electrons. The van der Waals surface area contributed by atoms with E-state index in [0.717, 1.165) is 19.5 Å². The van der Waals surface area contributed by atoms with Crippen LogP contribution >= 0.6 is 0 Å². The van der Waals surface area contributed by atoms with E-state index in [4.69, 9.17) is 0 Å². The Morgan fingerprint density at radius 3 is 2.91 bits per heavy atom. The fourth-order valence-electron chi connectivity index (χ4n) is 0.703. The topological polar surface area (TPSA) is 41.1 Å². The number of rotatable bonds is 6. The molecule has 0 spiro atoms. The number of carbonyl (C=O) groups excluding carboxylic acids is 1. The summed E-state index contributed by atoms with van der Waals surface area (Å²) in [5.74, 6) is 0.102. The van der Waals surface area contributed by atoms with Gasteiger partial charge in [-0.05, 0) is 13.0 Å². The van der Waals surface area contributed by atoms with Gasteiger partial charge in [0.2, 0.25) is 5.91 Å². The molecule has 0 heterocycles. The summed E-state index contributed by atoms with van der Waals surface area (Å²) >= 11 is 0. The first-order valence-electron chi connectivity index (χ1n) is 3.83. The predicted octanol–water partition coefficient (Wildman–Crippen LogP) is 0.288. The lowest BCUT2D eigenvalue weighted by molar-refractivity contribution is -0.120. The maximum Gasteiger partial charge on any atom is 0.219 e. The molecule has 0 aliphatic heterocycles. The summed E-state index contributed by atoms with van der Waals surface area (Å²) in [6.45, 7) is 5.26. The third-order valence-corrected chi connectivity index (χ3v) is 1.32. The highest BCUT2D eigenvalue weighted by Crippen LogP contribution is 1.85. The second-order valence-corrected chi connectivity index (χ2v) is 2.27. The van der Waals surface area contributed by atoms with Gasteiger partial charge in [-0.2, -0.15) is 0 Å². The van der Waals surface area contributed by atoms with E-state index in [0.29, 0.717) is 6.42 Å². The van der Waals surface area contributed by atoms with Gasteiger partial charge in [0.15, 0.2) is 0 Å². The number of hydrogen-bond donors (Lipinski definition) is 2. The summed E-state index contributed by atoms with van der Waals surface area (Å²) in [6.07, 6.45) is 3.29. The first kappa shape index (κ1) is 10.2. The molecular weight excluding hydrogens is 140 g/mol. The molecular formula is C8H16N2O. The van der Waals surface area contributed by atoms with E-state index < -0.39 is 0 Å². The molecule has 1 amide bonds. The molecule has 0 saturated heterocycles. The van der Waals surface area contributed by atoms with Crippen molar-refractivity contribution < 1.29 is 4.79 Å². The minimum Gasteiger partial charge on any atom is -0.359 e. The van der Waals surface area contributed by atoms with Crippen LogP contribution in [-0.4, -0.2) is 26.0 Å². The third-order valence-electron chi connectivity index (χ3n) is 1.32. The van der Waals surface area contributed by atoms with Crippen molar-refractivity contribution >= 4 is 5.91 Å². The molecule has 0 radical (unpaired) electrons. The maximum absolute atomic E-state index is 10.7. The van der Waals surface area contributed by atoms with Gasteiger partial charge in [0.05, 0.1) is 0 Å². The Labute approximate surface area is 67.9 Å². The number of nitrogens with one attached hydrogen (secondary N) is 2. The number of carbonyl (C=O) groups is 1. The normalized spacial score (nSPS) is 9.18. The SMILES string of the molecule is C=CCNCCCC(=O)NC. The summed E-state index contributed by atoms with van der Waals surface area (Å²) in [5, 5.41) is 5.69. The molecule has 11 heavy (non-hydrogen) atoms. The predicted molar refractivity (Wildman–Crippen MR) is 46.4 cm³/mol. The van der Waals surface area contributed by atoms with Crippen LogP contribution in [0.4, 0.5) is 0 Å². The first-order chi connectivity index (χ1) is 5.31. The molecule has 0 aliphatic rings. The molecule has 2 N–H and O–H groups in total. The molecule has 0 unspecified atom stereocenters. The van der Waals surface area contributed by atoms with Crippen molar-refractivity contribution in [3.8, 4) is 0 Å². The molecule has 0 rings (SSSR count). The largest absolute Gasteiger partial charge is 0.359 e. The lowest BCUT2D eigenvalue weighted by atomic mass is 10.3. The number of hydrogen-bond acceptors (Lipinski definition) is 2. The highest BCUT2D eigenvalue weighted by molar-refractivity contribution is 5.75. The highest BCUT2D eigenvalue weighted by atomic mass is 16.1. The number of amides is 1. The fraction of sp³-hybridized carbons (Fsp3) is 0.625. The quantitative estimate of drug-likeness (QED) is 0.428. The minimum atomic E-state index is 0.102. The molecule has 3 nitrogen and oxygen atoms in total.